The molecule has 0 heterocycles. The van der Waals surface area contributed by atoms with E-state index in [1.807, 2.05) is 0 Å². The Morgan fingerprint density at radius 3 is 2.93 bits per heavy atom. The molecule has 2 N–H and O–H groups in total. The van der Waals surface area contributed by atoms with E-state index in [0.717, 1.165) is 4.47 Å². The van der Waals surface area contributed by atoms with Crippen molar-refractivity contribution in [1.29, 1.82) is 0 Å². The van der Waals surface area contributed by atoms with Gasteiger partial charge in [-0.1, -0.05) is 15.9 Å². The van der Waals surface area contributed by atoms with Gasteiger partial charge in [-0.15, -0.1) is 11.8 Å². The van der Waals surface area contributed by atoms with Gasteiger partial charge in [-0.05, 0) is 25.1 Å². The topological polar surface area (TPSA) is 26.0 Å². The molecule has 0 radical (unpaired) electrons. The lowest BCUT2D eigenvalue weighted by Gasteiger charge is -2.09. The summed E-state index contributed by atoms with van der Waals surface area (Å²) in [4.78, 5) is 0. The van der Waals surface area contributed by atoms with Gasteiger partial charge in [0.2, 0.25) is 0 Å². The minimum absolute atomic E-state index is 0.279. The van der Waals surface area contributed by atoms with Crippen LogP contribution in [-0.4, -0.2) is 0 Å². The summed E-state index contributed by atoms with van der Waals surface area (Å²) in [6, 6.07) is 4.38. The normalized spacial score (nSPS) is 11.7. The molecule has 1 unspecified atom stereocenters. The Morgan fingerprint density at radius 2 is 2.29 bits per heavy atom. The van der Waals surface area contributed by atoms with Crippen LogP contribution < -0.4 is 5.73 Å². The lowest BCUT2D eigenvalue weighted by Crippen LogP contribution is -2.11. The SMILES string of the molecule is CC#CCC(N)c1cc(Br)ccc1F. The van der Waals surface area contributed by atoms with Crippen molar-refractivity contribution in [1.82, 2.24) is 0 Å². The number of halogens is 2. The predicted octanol–water partition coefficient (Wildman–Crippen LogP) is 3.00. The molecular weight excluding hydrogens is 245 g/mol. The first-order valence-corrected chi connectivity index (χ1v) is 5.04. The molecule has 0 amide bonds. The molecule has 0 aliphatic heterocycles. The molecular formula is C11H11BrFN. The van der Waals surface area contributed by atoms with Crippen molar-refractivity contribution >= 4 is 15.9 Å². The second-order valence-corrected chi connectivity index (χ2v) is 3.82. The molecule has 0 fully saturated rings. The van der Waals surface area contributed by atoms with Gasteiger partial charge in [0, 0.05) is 22.5 Å². The summed E-state index contributed by atoms with van der Waals surface area (Å²) >= 11 is 3.27. The first kappa shape index (κ1) is 11.2. The van der Waals surface area contributed by atoms with Crippen molar-refractivity contribution in [2.24, 2.45) is 5.73 Å². The fourth-order valence-electron chi connectivity index (χ4n) is 1.12. The Balaban J connectivity index is 2.91. The van der Waals surface area contributed by atoms with Crippen LogP contribution in [0.4, 0.5) is 4.39 Å². The second-order valence-electron chi connectivity index (χ2n) is 2.90. The Morgan fingerprint density at radius 1 is 1.57 bits per heavy atom. The van der Waals surface area contributed by atoms with Crippen LogP contribution in [-0.2, 0) is 0 Å². The highest BCUT2D eigenvalue weighted by Gasteiger charge is 2.10. The van der Waals surface area contributed by atoms with E-state index in [0.29, 0.717) is 12.0 Å². The summed E-state index contributed by atoms with van der Waals surface area (Å²) in [6.45, 7) is 1.74. The molecule has 14 heavy (non-hydrogen) atoms. The van der Waals surface area contributed by atoms with Crippen LogP contribution in [0.2, 0.25) is 0 Å². The maximum Gasteiger partial charge on any atom is 0.128 e. The molecule has 0 saturated carbocycles. The largest absolute Gasteiger partial charge is 0.323 e. The number of nitrogens with two attached hydrogens (primary N) is 1. The zero-order chi connectivity index (χ0) is 10.6. The number of hydrogen-bond acceptors (Lipinski definition) is 1. The lowest BCUT2D eigenvalue weighted by molar-refractivity contribution is 0.585. The minimum Gasteiger partial charge on any atom is -0.323 e. The summed E-state index contributed by atoms with van der Waals surface area (Å²) in [6.07, 6.45) is 0.476. The van der Waals surface area contributed by atoms with Gasteiger partial charge in [0.05, 0.1) is 0 Å². The lowest BCUT2D eigenvalue weighted by atomic mass is 10.0. The second kappa shape index (κ2) is 5.14. The van der Waals surface area contributed by atoms with Crippen molar-refractivity contribution in [3.8, 4) is 11.8 Å². The maximum absolute atomic E-state index is 13.3. The van der Waals surface area contributed by atoms with E-state index < -0.39 is 0 Å². The molecule has 0 aromatic heterocycles. The number of hydrogen-bond donors (Lipinski definition) is 1. The van der Waals surface area contributed by atoms with Crippen molar-refractivity contribution in [3.05, 3.63) is 34.1 Å². The first-order chi connectivity index (χ1) is 6.65. The zero-order valence-corrected chi connectivity index (χ0v) is 9.44. The summed E-state index contributed by atoms with van der Waals surface area (Å²) in [5, 5.41) is 0. The average Bonchev–Trinajstić information content (AvgIpc) is 2.18. The van der Waals surface area contributed by atoms with Gasteiger partial charge in [-0.3, -0.25) is 0 Å². The molecule has 0 aliphatic carbocycles. The van der Waals surface area contributed by atoms with Gasteiger partial charge < -0.3 is 5.73 Å². The van der Waals surface area contributed by atoms with Crippen LogP contribution in [0, 0.1) is 17.7 Å². The van der Waals surface area contributed by atoms with Crippen molar-refractivity contribution < 1.29 is 4.39 Å². The highest BCUT2D eigenvalue weighted by molar-refractivity contribution is 9.10. The van der Waals surface area contributed by atoms with Crippen LogP contribution in [0.25, 0.3) is 0 Å². The van der Waals surface area contributed by atoms with E-state index in [2.05, 4.69) is 27.8 Å². The van der Waals surface area contributed by atoms with Crippen LogP contribution in [0.3, 0.4) is 0 Å². The predicted molar refractivity (Wildman–Crippen MR) is 59.1 cm³/mol. The Bertz CT molecular complexity index is 379. The summed E-state index contributed by atoms with van der Waals surface area (Å²) < 4.78 is 14.1. The third-order valence-corrected chi connectivity index (χ3v) is 2.35. The first-order valence-electron chi connectivity index (χ1n) is 4.25. The summed E-state index contributed by atoms with van der Waals surface area (Å²) in [5.74, 6) is 5.30. The van der Waals surface area contributed by atoms with Crippen LogP contribution in [0.1, 0.15) is 24.9 Å². The fraction of sp³-hybridized carbons (Fsp3) is 0.273. The van der Waals surface area contributed by atoms with Crippen LogP contribution in [0.5, 0.6) is 0 Å². The molecule has 1 aromatic rings. The van der Waals surface area contributed by atoms with Gasteiger partial charge in [-0.2, -0.15) is 0 Å². The third kappa shape index (κ3) is 2.83. The van der Waals surface area contributed by atoms with Crippen molar-refractivity contribution in [3.63, 3.8) is 0 Å². The highest BCUT2D eigenvalue weighted by Crippen LogP contribution is 2.21. The van der Waals surface area contributed by atoms with Gasteiger partial charge in [-0.25, -0.2) is 4.39 Å². The van der Waals surface area contributed by atoms with Gasteiger partial charge in [0.1, 0.15) is 5.82 Å². The van der Waals surface area contributed by atoms with Crippen LogP contribution >= 0.6 is 15.9 Å². The van der Waals surface area contributed by atoms with Gasteiger partial charge >= 0.3 is 0 Å². The summed E-state index contributed by atoms with van der Waals surface area (Å²) in [7, 11) is 0. The van der Waals surface area contributed by atoms with Crippen molar-refractivity contribution in [2.45, 2.75) is 19.4 Å². The molecule has 0 spiro atoms. The highest BCUT2D eigenvalue weighted by atomic mass is 79.9. The monoisotopic (exact) mass is 255 g/mol. The van der Waals surface area contributed by atoms with E-state index >= 15 is 0 Å². The number of rotatable bonds is 2. The Labute approximate surface area is 91.6 Å². The Kier molecular flexibility index (Phi) is 4.12. The molecule has 1 nitrogen and oxygen atoms in total. The van der Waals surface area contributed by atoms with E-state index in [-0.39, 0.29) is 11.9 Å². The summed E-state index contributed by atoms with van der Waals surface area (Å²) in [5.41, 5.74) is 6.29. The molecule has 0 aliphatic rings. The molecule has 0 bridgehead atoms. The average molecular weight is 256 g/mol. The Hall–Kier alpha value is -0.850. The smallest absolute Gasteiger partial charge is 0.128 e. The van der Waals surface area contributed by atoms with Gasteiger partial charge in [0.25, 0.3) is 0 Å². The van der Waals surface area contributed by atoms with Crippen LogP contribution in [0.15, 0.2) is 22.7 Å². The quantitative estimate of drug-likeness (QED) is 0.809. The molecule has 1 rings (SSSR count). The standard InChI is InChI=1S/C11H11BrFN/c1-2-3-4-11(14)9-7-8(12)5-6-10(9)13/h5-7,11H,4,14H2,1H3. The molecule has 1 atom stereocenters. The van der Waals surface area contributed by atoms with Crippen molar-refractivity contribution in [2.75, 3.05) is 0 Å². The molecule has 3 heteroatoms. The molecule has 74 valence electrons. The fourth-order valence-corrected chi connectivity index (χ4v) is 1.50. The third-order valence-electron chi connectivity index (χ3n) is 1.86. The van der Waals surface area contributed by atoms with E-state index in [9.17, 15) is 4.39 Å². The molecule has 1 aromatic carbocycles. The maximum atomic E-state index is 13.3. The van der Waals surface area contributed by atoms with Gasteiger partial charge in [0.15, 0.2) is 0 Å². The van der Waals surface area contributed by atoms with E-state index in [1.54, 1.807) is 19.1 Å². The number of benzene rings is 1. The minimum atomic E-state index is -0.361. The van der Waals surface area contributed by atoms with E-state index in [1.165, 1.54) is 6.07 Å². The van der Waals surface area contributed by atoms with E-state index in [4.69, 9.17) is 5.73 Å². The zero-order valence-electron chi connectivity index (χ0n) is 7.85. The molecule has 0 saturated heterocycles.